The van der Waals surface area contributed by atoms with Crippen molar-refractivity contribution < 1.29 is 13.2 Å². The molecule has 1 aliphatic rings. The SMILES string of the molecule is CCCN(c1ccc(N)cc1S(=O)(=O)NC)N1CCOCC1. The molecule has 0 saturated carbocycles. The summed E-state index contributed by atoms with van der Waals surface area (Å²) in [6.07, 6.45) is 0.904. The van der Waals surface area contributed by atoms with E-state index < -0.39 is 10.0 Å². The molecule has 1 aromatic carbocycles. The number of hydrogen-bond acceptors (Lipinski definition) is 6. The molecule has 0 bridgehead atoms. The topological polar surface area (TPSA) is 87.9 Å². The molecule has 124 valence electrons. The predicted molar refractivity (Wildman–Crippen MR) is 87.1 cm³/mol. The molecule has 7 nitrogen and oxygen atoms in total. The van der Waals surface area contributed by atoms with Crippen LogP contribution in [0.5, 0.6) is 0 Å². The van der Waals surface area contributed by atoms with Crippen molar-refractivity contribution >= 4 is 21.4 Å². The second-order valence-corrected chi connectivity index (χ2v) is 6.98. The third-order valence-corrected chi connectivity index (χ3v) is 5.03. The highest BCUT2D eigenvalue weighted by Gasteiger charge is 2.25. The Hall–Kier alpha value is -1.35. The van der Waals surface area contributed by atoms with Crippen LogP contribution in [0.3, 0.4) is 0 Å². The van der Waals surface area contributed by atoms with E-state index in [-0.39, 0.29) is 4.90 Å². The average molecular weight is 328 g/mol. The van der Waals surface area contributed by atoms with E-state index in [9.17, 15) is 8.42 Å². The number of nitrogens with zero attached hydrogens (tertiary/aromatic N) is 2. The lowest BCUT2D eigenvalue weighted by Gasteiger charge is -2.39. The molecule has 0 atom stereocenters. The quantitative estimate of drug-likeness (QED) is 0.745. The summed E-state index contributed by atoms with van der Waals surface area (Å²) in [5.41, 5.74) is 6.86. The molecule has 2 rings (SSSR count). The predicted octanol–water partition coefficient (Wildman–Crippen LogP) is 0.641. The number of hydrogen-bond donors (Lipinski definition) is 2. The zero-order valence-corrected chi connectivity index (χ0v) is 13.9. The Morgan fingerprint density at radius 3 is 2.64 bits per heavy atom. The molecule has 0 aromatic heterocycles. The van der Waals surface area contributed by atoms with Gasteiger partial charge in [-0.25, -0.2) is 18.1 Å². The van der Waals surface area contributed by atoms with Gasteiger partial charge in [0.15, 0.2) is 0 Å². The summed E-state index contributed by atoms with van der Waals surface area (Å²) in [6, 6.07) is 5.00. The fourth-order valence-corrected chi connectivity index (χ4v) is 3.45. The van der Waals surface area contributed by atoms with Gasteiger partial charge in [-0.05, 0) is 31.7 Å². The lowest BCUT2D eigenvalue weighted by molar-refractivity contribution is 0.0314. The van der Waals surface area contributed by atoms with Crippen molar-refractivity contribution in [3.05, 3.63) is 18.2 Å². The highest BCUT2D eigenvalue weighted by Crippen LogP contribution is 2.29. The van der Waals surface area contributed by atoms with E-state index in [4.69, 9.17) is 10.5 Å². The summed E-state index contributed by atoms with van der Waals surface area (Å²) in [5, 5.41) is 4.15. The average Bonchev–Trinajstić information content (AvgIpc) is 2.54. The zero-order valence-electron chi connectivity index (χ0n) is 13.1. The summed E-state index contributed by atoms with van der Waals surface area (Å²) in [7, 11) is -2.18. The maximum atomic E-state index is 12.3. The van der Waals surface area contributed by atoms with Crippen molar-refractivity contribution in [3.63, 3.8) is 0 Å². The van der Waals surface area contributed by atoms with Gasteiger partial charge < -0.3 is 15.5 Å². The fourth-order valence-electron chi connectivity index (χ4n) is 2.49. The maximum Gasteiger partial charge on any atom is 0.242 e. The van der Waals surface area contributed by atoms with Crippen LogP contribution in [-0.2, 0) is 14.8 Å². The van der Waals surface area contributed by atoms with Crippen LogP contribution in [0.2, 0.25) is 0 Å². The molecule has 0 radical (unpaired) electrons. The first kappa shape index (κ1) is 17.0. The molecule has 0 aliphatic carbocycles. The van der Waals surface area contributed by atoms with Crippen LogP contribution in [0, 0.1) is 0 Å². The fraction of sp³-hybridized carbons (Fsp3) is 0.571. The number of morpholine rings is 1. The summed E-state index contributed by atoms with van der Waals surface area (Å²) >= 11 is 0. The normalized spacial score (nSPS) is 16.6. The van der Waals surface area contributed by atoms with Crippen LogP contribution < -0.4 is 15.5 Å². The van der Waals surface area contributed by atoms with Crippen molar-refractivity contribution in [2.45, 2.75) is 18.2 Å². The third kappa shape index (κ3) is 3.70. The Bertz CT molecular complexity index is 600. The van der Waals surface area contributed by atoms with Gasteiger partial charge in [-0.2, -0.15) is 0 Å². The van der Waals surface area contributed by atoms with Crippen LogP contribution >= 0.6 is 0 Å². The minimum atomic E-state index is -3.58. The summed E-state index contributed by atoms with van der Waals surface area (Å²) in [6.45, 7) is 5.56. The standard InChI is InChI=1S/C14H24N4O3S/c1-3-6-18(17-7-9-21-10-8-17)13-5-4-12(15)11-14(13)22(19,20)16-2/h4-5,11,16H,3,6-10,15H2,1-2H3. The molecule has 8 heteroatoms. The van der Waals surface area contributed by atoms with E-state index in [0.717, 1.165) is 26.1 Å². The number of anilines is 2. The molecule has 3 N–H and O–H groups in total. The number of nitrogens with one attached hydrogen (secondary N) is 1. The van der Waals surface area contributed by atoms with Crippen molar-refractivity contribution in [2.75, 3.05) is 50.6 Å². The van der Waals surface area contributed by atoms with Gasteiger partial charge in [0.05, 0.1) is 18.9 Å². The van der Waals surface area contributed by atoms with Gasteiger partial charge in [0.25, 0.3) is 0 Å². The second-order valence-electron chi connectivity index (χ2n) is 5.12. The number of rotatable bonds is 6. The van der Waals surface area contributed by atoms with E-state index >= 15 is 0 Å². The molecule has 1 aliphatic heterocycles. The van der Waals surface area contributed by atoms with Crippen LogP contribution in [0.15, 0.2) is 23.1 Å². The van der Waals surface area contributed by atoms with Gasteiger partial charge in [0.2, 0.25) is 10.0 Å². The van der Waals surface area contributed by atoms with Gasteiger partial charge in [-0.3, -0.25) is 0 Å². The van der Waals surface area contributed by atoms with Crippen molar-refractivity contribution in [3.8, 4) is 0 Å². The molecule has 1 heterocycles. The number of nitrogens with two attached hydrogens (primary N) is 1. The molecule has 1 fully saturated rings. The number of benzene rings is 1. The molecule has 0 amide bonds. The Morgan fingerprint density at radius 1 is 1.36 bits per heavy atom. The minimum absolute atomic E-state index is 0.204. The van der Waals surface area contributed by atoms with Gasteiger partial charge in [-0.15, -0.1) is 0 Å². The number of sulfonamides is 1. The first-order valence-electron chi connectivity index (χ1n) is 7.43. The van der Waals surface area contributed by atoms with E-state index in [2.05, 4.69) is 16.7 Å². The van der Waals surface area contributed by atoms with E-state index in [1.165, 1.54) is 13.1 Å². The second kappa shape index (κ2) is 7.28. The Morgan fingerprint density at radius 2 is 2.05 bits per heavy atom. The molecule has 1 saturated heterocycles. The van der Waals surface area contributed by atoms with Crippen LogP contribution in [0.1, 0.15) is 13.3 Å². The van der Waals surface area contributed by atoms with Crippen LogP contribution in [0.4, 0.5) is 11.4 Å². The number of hydrazine groups is 1. The first-order valence-corrected chi connectivity index (χ1v) is 8.91. The van der Waals surface area contributed by atoms with Gasteiger partial charge in [0, 0.05) is 25.3 Å². The molecule has 1 aromatic rings. The lowest BCUT2D eigenvalue weighted by atomic mass is 10.2. The van der Waals surface area contributed by atoms with Crippen LogP contribution in [0.25, 0.3) is 0 Å². The highest BCUT2D eigenvalue weighted by atomic mass is 32.2. The van der Waals surface area contributed by atoms with E-state index in [1.807, 2.05) is 5.01 Å². The van der Waals surface area contributed by atoms with Gasteiger partial charge in [-0.1, -0.05) is 6.92 Å². The first-order chi connectivity index (χ1) is 10.5. The number of nitrogen functional groups attached to an aromatic ring is 1. The Labute approximate surface area is 132 Å². The molecule has 0 unspecified atom stereocenters. The smallest absolute Gasteiger partial charge is 0.242 e. The number of ether oxygens (including phenoxy) is 1. The largest absolute Gasteiger partial charge is 0.399 e. The van der Waals surface area contributed by atoms with Crippen molar-refractivity contribution in [2.24, 2.45) is 0 Å². The molecular weight excluding hydrogens is 304 g/mol. The summed E-state index contributed by atoms with van der Waals surface area (Å²) < 4.78 is 32.4. The molecular formula is C14H24N4O3S. The van der Waals surface area contributed by atoms with E-state index in [0.29, 0.717) is 24.6 Å². The minimum Gasteiger partial charge on any atom is -0.399 e. The van der Waals surface area contributed by atoms with Gasteiger partial charge in [0.1, 0.15) is 4.90 Å². The van der Waals surface area contributed by atoms with Gasteiger partial charge >= 0.3 is 0 Å². The summed E-state index contributed by atoms with van der Waals surface area (Å²) in [5.74, 6) is 0. The Balaban J connectivity index is 2.46. The van der Waals surface area contributed by atoms with E-state index in [1.54, 1.807) is 12.1 Å². The van der Waals surface area contributed by atoms with Crippen LogP contribution in [-0.4, -0.2) is 53.3 Å². The maximum absolute atomic E-state index is 12.3. The zero-order chi connectivity index (χ0) is 16.2. The molecule has 0 spiro atoms. The summed E-state index contributed by atoms with van der Waals surface area (Å²) in [4.78, 5) is 0.204. The monoisotopic (exact) mass is 328 g/mol. The molecule has 22 heavy (non-hydrogen) atoms. The van der Waals surface area contributed by atoms with Crippen molar-refractivity contribution in [1.82, 2.24) is 9.73 Å². The lowest BCUT2D eigenvalue weighted by Crippen LogP contribution is -2.50. The van der Waals surface area contributed by atoms with Crippen molar-refractivity contribution in [1.29, 1.82) is 0 Å². The Kier molecular flexibility index (Phi) is 5.63. The highest BCUT2D eigenvalue weighted by molar-refractivity contribution is 7.89. The third-order valence-electron chi connectivity index (χ3n) is 3.58.